The Labute approximate surface area is 160 Å². The predicted octanol–water partition coefficient (Wildman–Crippen LogP) is 2.87. The first-order valence-corrected chi connectivity index (χ1v) is 10.0. The summed E-state index contributed by atoms with van der Waals surface area (Å²) in [6, 6.07) is 5.39. The van der Waals surface area contributed by atoms with Crippen LogP contribution in [0.5, 0.6) is 0 Å². The number of aryl methyl sites for hydroxylation is 1. The van der Waals surface area contributed by atoms with Crippen LogP contribution in [0, 0.1) is 18.7 Å². The summed E-state index contributed by atoms with van der Waals surface area (Å²) in [6.07, 6.45) is 4.93. The molecular formula is C21H30FN3O2. The number of nitrogens with one attached hydrogen (secondary N) is 1. The van der Waals surface area contributed by atoms with Crippen molar-refractivity contribution in [1.82, 2.24) is 10.2 Å². The van der Waals surface area contributed by atoms with E-state index in [0.29, 0.717) is 30.4 Å². The standard InChI is InChI=1S/C21H30FN3O2/c1-15-7-8-18(13-19(15)22)25-14-17(12-20(25)26)21(27)23-9-5-11-24-10-4-3-6-16(24)2/h7-8,13,16-17H,3-6,9-12,14H2,1-2H3,(H,23,27)/t16-,17-/m1/s1. The highest BCUT2D eigenvalue weighted by Crippen LogP contribution is 2.26. The fraction of sp³-hybridized carbons (Fsp3) is 0.619. The number of anilines is 1. The lowest BCUT2D eigenvalue weighted by Gasteiger charge is -2.33. The molecule has 6 heteroatoms. The minimum atomic E-state index is -0.365. The van der Waals surface area contributed by atoms with E-state index in [9.17, 15) is 14.0 Å². The number of hydrogen-bond donors (Lipinski definition) is 1. The minimum absolute atomic E-state index is 0.0786. The molecule has 1 aromatic carbocycles. The van der Waals surface area contributed by atoms with Gasteiger partial charge < -0.3 is 15.1 Å². The number of piperidine rings is 1. The molecule has 5 nitrogen and oxygen atoms in total. The Morgan fingerprint density at radius 2 is 2.15 bits per heavy atom. The number of amides is 2. The number of carbonyl (C=O) groups is 2. The highest BCUT2D eigenvalue weighted by molar-refractivity contribution is 6.00. The van der Waals surface area contributed by atoms with Crippen molar-refractivity contribution in [3.8, 4) is 0 Å². The third kappa shape index (κ3) is 4.86. The van der Waals surface area contributed by atoms with E-state index in [4.69, 9.17) is 0 Å². The van der Waals surface area contributed by atoms with E-state index in [1.54, 1.807) is 19.1 Å². The van der Waals surface area contributed by atoms with Crippen LogP contribution in [0.15, 0.2) is 18.2 Å². The van der Waals surface area contributed by atoms with Crippen molar-refractivity contribution >= 4 is 17.5 Å². The summed E-state index contributed by atoms with van der Waals surface area (Å²) >= 11 is 0. The molecule has 2 fully saturated rings. The summed E-state index contributed by atoms with van der Waals surface area (Å²) in [6.45, 7) is 7.05. The van der Waals surface area contributed by atoms with Gasteiger partial charge in [0.1, 0.15) is 5.82 Å². The van der Waals surface area contributed by atoms with Crippen molar-refractivity contribution < 1.29 is 14.0 Å². The van der Waals surface area contributed by atoms with Gasteiger partial charge in [-0.2, -0.15) is 0 Å². The van der Waals surface area contributed by atoms with Crippen LogP contribution in [-0.2, 0) is 9.59 Å². The number of carbonyl (C=O) groups excluding carboxylic acids is 2. The van der Waals surface area contributed by atoms with Gasteiger partial charge in [0.05, 0.1) is 5.92 Å². The summed E-state index contributed by atoms with van der Waals surface area (Å²) in [5, 5.41) is 2.97. The van der Waals surface area contributed by atoms with E-state index in [0.717, 1.165) is 19.5 Å². The van der Waals surface area contributed by atoms with Crippen molar-refractivity contribution in [3.05, 3.63) is 29.6 Å². The maximum Gasteiger partial charge on any atom is 0.227 e. The molecule has 2 aliphatic rings. The fourth-order valence-electron chi connectivity index (χ4n) is 4.01. The Hall–Kier alpha value is -1.95. The lowest BCUT2D eigenvalue weighted by atomic mass is 10.0. The molecule has 1 N–H and O–H groups in total. The molecule has 2 atom stereocenters. The summed E-state index contributed by atoms with van der Waals surface area (Å²) in [5.41, 5.74) is 1.07. The number of likely N-dealkylation sites (tertiary alicyclic amines) is 1. The molecule has 1 aromatic rings. The minimum Gasteiger partial charge on any atom is -0.356 e. The van der Waals surface area contributed by atoms with Crippen LogP contribution < -0.4 is 10.2 Å². The first-order valence-electron chi connectivity index (χ1n) is 10.0. The Kier molecular flexibility index (Phi) is 6.47. The maximum atomic E-state index is 13.8. The Bertz CT molecular complexity index is 694. The van der Waals surface area contributed by atoms with E-state index < -0.39 is 0 Å². The summed E-state index contributed by atoms with van der Waals surface area (Å²) in [7, 11) is 0. The van der Waals surface area contributed by atoms with Gasteiger partial charge >= 0.3 is 0 Å². The Balaban J connectivity index is 1.45. The van der Waals surface area contributed by atoms with E-state index in [2.05, 4.69) is 17.1 Å². The molecule has 0 saturated carbocycles. The van der Waals surface area contributed by atoms with Gasteiger partial charge in [-0.3, -0.25) is 9.59 Å². The van der Waals surface area contributed by atoms with Crippen LogP contribution in [0.1, 0.15) is 44.6 Å². The number of nitrogens with zero attached hydrogens (tertiary/aromatic N) is 2. The summed E-state index contributed by atoms with van der Waals surface area (Å²) in [5.74, 6) is -0.901. The second-order valence-electron chi connectivity index (χ2n) is 7.86. The average molecular weight is 375 g/mol. The normalized spacial score (nSPS) is 23.7. The Morgan fingerprint density at radius 1 is 1.33 bits per heavy atom. The molecule has 0 unspecified atom stereocenters. The van der Waals surface area contributed by atoms with Gasteiger partial charge in [0.15, 0.2) is 0 Å². The molecule has 2 aliphatic heterocycles. The second kappa shape index (κ2) is 8.83. The highest BCUT2D eigenvalue weighted by atomic mass is 19.1. The van der Waals surface area contributed by atoms with Gasteiger partial charge in [0, 0.05) is 37.8 Å². The molecule has 0 aromatic heterocycles. The first kappa shape index (κ1) is 19.8. The monoisotopic (exact) mass is 375 g/mol. The van der Waals surface area contributed by atoms with Crippen molar-refractivity contribution in [2.75, 3.05) is 31.1 Å². The average Bonchev–Trinajstić information content (AvgIpc) is 3.04. The predicted molar refractivity (Wildman–Crippen MR) is 104 cm³/mol. The highest BCUT2D eigenvalue weighted by Gasteiger charge is 2.35. The van der Waals surface area contributed by atoms with Crippen molar-refractivity contribution in [2.24, 2.45) is 5.92 Å². The van der Waals surface area contributed by atoms with Crippen LogP contribution in [0.25, 0.3) is 0 Å². The van der Waals surface area contributed by atoms with Crippen molar-refractivity contribution in [2.45, 2.75) is 52.0 Å². The van der Waals surface area contributed by atoms with Crippen LogP contribution in [0.3, 0.4) is 0 Å². The second-order valence-corrected chi connectivity index (χ2v) is 7.86. The SMILES string of the molecule is Cc1ccc(N2C[C@H](C(=O)NCCCN3CCCC[C@H]3C)CC2=O)cc1F. The molecule has 148 valence electrons. The van der Waals surface area contributed by atoms with Crippen LogP contribution >= 0.6 is 0 Å². The largest absolute Gasteiger partial charge is 0.356 e. The molecule has 2 saturated heterocycles. The van der Waals surface area contributed by atoms with Gasteiger partial charge in [0.25, 0.3) is 0 Å². The zero-order valence-electron chi connectivity index (χ0n) is 16.3. The zero-order valence-corrected chi connectivity index (χ0v) is 16.3. The number of halogens is 1. The van der Waals surface area contributed by atoms with E-state index in [-0.39, 0.29) is 30.0 Å². The van der Waals surface area contributed by atoms with Crippen molar-refractivity contribution in [1.29, 1.82) is 0 Å². The smallest absolute Gasteiger partial charge is 0.227 e. The number of hydrogen-bond acceptors (Lipinski definition) is 3. The van der Waals surface area contributed by atoms with Gasteiger partial charge in [0.2, 0.25) is 11.8 Å². The van der Waals surface area contributed by atoms with E-state index >= 15 is 0 Å². The van der Waals surface area contributed by atoms with Crippen LogP contribution in [0.4, 0.5) is 10.1 Å². The van der Waals surface area contributed by atoms with E-state index in [1.807, 2.05) is 0 Å². The molecule has 2 amide bonds. The third-order valence-corrected chi connectivity index (χ3v) is 5.82. The molecule has 0 spiro atoms. The summed E-state index contributed by atoms with van der Waals surface area (Å²) < 4.78 is 13.8. The fourth-order valence-corrected chi connectivity index (χ4v) is 4.01. The Morgan fingerprint density at radius 3 is 2.89 bits per heavy atom. The number of rotatable bonds is 6. The van der Waals surface area contributed by atoms with Crippen LogP contribution in [-0.4, -0.2) is 48.9 Å². The molecule has 2 heterocycles. The molecule has 3 rings (SSSR count). The van der Waals surface area contributed by atoms with Gasteiger partial charge in [-0.05, 0) is 57.4 Å². The topological polar surface area (TPSA) is 52.7 Å². The van der Waals surface area contributed by atoms with E-state index in [1.165, 1.54) is 30.2 Å². The van der Waals surface area contributed by atoms with Gasteiger partial charge in [-0.1, -0.05) is 12.5 Å². The quantitative estimate of drug-likeness (QED) is 0.778. The molecular weight excluding hydrogens is 345 g/mol. The molecule has 27 heavy (non-hydrogen) atoms. The molecule has 0 aliphatic carbocycles. The zero-order chi connectivity index (χ0) is 19.4. The van der Waals surface area contributed by atoms with Crippen molar-refractivity contribution in [3.63, 3.8) is 0 Å². The molecule has 0 radical (unpaired) electrons. The summed E-state index contributed by atoms with van der Waals surface area (Å²) in [4.78, 5) is 28.7. The molecule has 0 bridgehead atoms. The number of benzene rings is 1. The lowest BCUT2D eigenvalue weighted by molar-refractivity contribution is -0.126. The first-order chi connectivity index (χ1) is 13.0. The van der Waals surface area contributed by atoms with Gasteiger partial charge in [-0.25, -0.2) is 4.39 Å². The van der Waals surface area contributed by atoms with Gasteiger partial charge in [-0.15, -0.1) is 0 Å². The van der Waals surface area contributed by atoms with Crippen LogP contribution in [0.2, 0.25) is 0 Å². The third-order valence-electron chi connectivity index (χ3n) is 5.82. The lowest BCUT2D eigenvalue weighted by Crippen LogP contribution is -2.40. The maximum absolute atomic E-state index is 13.8.